The summed E-state index contributed by atoms with van der Waals surface area (Å²) in [5, 5.41) is 2.92. The van der Waals surface area contributed by atoms with Gasteiger partial charge in [0.15, 0.2) is 0 Å². The van der Waals surface area contributed by atoms with Gasteiger partial charge in [0.05, 0.1) is 5.69 Å². The number of imidazole rings is 1. The van der Waals surface area contributed by atoms with Crippen LogP contribution in [0.4, 0.5) is 5.69 Å². The van der Waals surface area contributed by atoms with Crippen molar-refractivity contribution in [2.24, 2.45) is 0 Å². The highest BCUT2D eigenvalue weighted by atomic mass is 16.5. The molecule has 5 aromatic rings. The monoisotopic (exact) mass is 424 g/mol. The van der Waals surface area contributed by atoms with Crippen LogP contribution in [0.25, 0.3) is 11.5 Å². The minimum absolute atomic E-state index is 0.224. The van der Waals surface area contributed by atoms with Crippen molar-refractivity contribution in [2.75, 3.05) is 5.32 Å². The first-order valence-electron chi connectivity index (χ1n) is 10.1. The molecule has 1 aromatic carbocycles. The van der Waals surface area contributed by atoms with Crippen LogP contribution in [0.1, 0.15) is 22.0 Å². The van der Waals surface area contributed by atoms with Crippen molar-refractivity contribution >= 4 is 17.2 Å². The first-order valence-corrected chi connectivity index (χ1v) is 10.1. The number of aromatic nitrogens is 5. The Kier molecular flexibility index (Phi) is 4.87. The molecule has 0 aliphatic heterocycles. The Morgan fingerprint density at radius 2 is 1.66 bits per heavy atom. The molecular weight excluding hydrogens is 404 g/mol. The lowest BCUT2D eigenvalue weighted by molar-refractivity contribution is 0.102. The van der Waals surface area contributed by atoms with E-state index in [2.05, 4.69) is 20.3 Å². The van der Waals surface area contributed by atoms with Crippen molar-refractivity contribution in [2.45, 2.75) is 13.8 Å². The molecule has 0 unspecified atom stereocenters. The lowest BCUT2D eigenvalue weighted by Gasteiger charge is -2.10. The molecular formula is C24H20N6O2. The van der Waals surface area contributed by atoms with E-state index in [-0.39, 0.29) is 5.91 Å². The molecule has 0 atom stereocenters. The second-order valence-electron chi connectivity index (χ2n) is 7.26. The lowest BCUT2D eigenvalue weighted by atomic mass is 10.2. The first-order chi connectivity index (χ1) is 15.6. The van der Waals surface area contributed by atoms with Crippen molar-refractivity contribution in [3.8, 4) is 17.4 Å². The molecule has 0 spiro atoms. The van der Waals surface area contributed by atoms with E-state index in [4.69, 9.17) is 4.74 Å². The number of fused-ring (bicyclic) bond motifs is 1. The van der Waals surface area contributed by atoms with Gasteiger partial charge in [0.1, 0.15) is 28.7 Å². The van der Waals surface area contributed by atoms with E-state index in [1.165, 1.54) is 0 Å². The van der Waals surface area contributed by atoms with E-state index in [0.717, 1.165) is 11.5 Å². The fourth-order valence-corrected chi connectivity index (χ4v) is 3.50. The van der Waals surface area contributed by atoms with Crippen molar-refractivity contribution in [1.29, 1.82) is 0 Å². The number of rotatable bonds is 5. The van der Waals surface area contributed by atoms with Crippen LogP contribution < -0.4 is 10.1 Å². The number of pyridine rings is 1. The predicted octanol–water partition coefficient (Wildman–Crippen LogP) is 4.58. The number of benzene rings is 1. The lowest BCUT2D eigenvalue weighted by Crippen LogP contribution is -2.15. The Morgan fingerprint density at radius 3 is 2.44 bits per heavy atom. The molecule has 1 amide bonds. The van der Waals surface area contributed by atoms with Crippen molar-refractivity contribution in [1.82, 2.24) is 23.9 Å². The third-order valence-corrected chi connectivity index (χ3v) is 4.92. The highest BCUT2D eigenvalue weighted by Crippen LogP contribution is 2.24. The van der Waals surface area contributed by atoms with Gasteiger partial charge in [-0.2, -0.15) is 4.98 Å². The van der Waals surface area contributed by atoms with E-state index in [9.17, 15) is 4.79 Å². The highest BCUT2D eigenvalue weighted by Gasteiger charge is 2.16. The Hall–Kier alpha value is -4.46. The molecule has 0 radical (unpaired) electrons. The summed E-state index contributed by atoms with van der Waals surface area (Å²) >= 11 is 0. The van der Waals surface area contributed by atoms with Crippen LogP contribution in [0, 0.1) is 13.8 Å². The van der Waals surface area contributed by atoms with Crippen LogP contribution in [0.3, 0.4) is 0 Å². The molecule has 4 aromatic heterocycles. The Morgan fingerprint density at radius 1 is 0.906 bits per heavy atom. The summed E-state index contributed by atoms with van der Waals surface area (Å²) in [7, 11) is 0. The summed E-state index contributed by atoms with van der Waals surface area (Å²) in [5.41, 5.74) is 2.57. The van der Waals surface area contributed by atoms with Gasteiger partial charge in [0.2, 0.25) is 5.88 Å². The van der Waals surface area contributed by atoms with Gasteiger partial charge in [-0.05, 0) is 62.4 Å². The molecule has 0 aliphatic rings. The van der Waals surface area contributed by atoms with Gasteiger partial charge in [-0.25, -0.2) is 9.97 Å². The third-order valence-electron chi connectivity index (χ3n) is 4.92. The minimum Gasteiger partial charge on any atom is -0.439 e. The number of carbonyl (C=O) groups excluding carboxylic acids is 1. The molecule has 1 N–H and O–H groups in total. The molecule has 8 heteroatoms. The Balaban J connectivity index is 1.33. The van der Waals surface area contributed by atoms with Crippen molar-refractivity contribution in [3.63, 3.8) is 0 Å². The smallest absolute Gasteiger partial charge is 0.274 e. The number of amides is 1. The van der Waals surface area contributed by atoms with Crippen LogP contribution in [0.15, 0.2) is 79.3 Å². The van der Waals surface area contributed by atoms with Crippen LogP contribution in [-0.4, -0.2) is 29.8 Å². The number of carbonyl (C=O) groups is 1. The van der Waals surface area contributed by atoms with E-state index < -0.39 is 0 Å². The molecule has 0 fully saturated rings. The Bertz CT molecular complexity index is 1400. The second-order valence-corrected chi connectivity index (χ2v) is 7.26. The van der Waals surface area contributed by atoms with Crippen molar-refractivity contribution in [3.05, 3.63) is 96.5 Å². The van der Waals surface area contributed by atoms with Crippen LogP contribution in [0.5, 0.6) is 11.6 Å². The van der Waals surface area contributed by atoms with Gasteiger partial charge in [0, 0.05) is 30.3 Å². The van der Waals surface area contributed by atoms with Gasteiger partial charge in [-0.3, -0.25) is 9.20 Å². The van der Waals surface area contributed by atoms with Gasteiger partial charge in [0.25, 0.3) is 5.91 Å². The van der Waals surface area contributed by atoms with Crippen LogP contribution >= 0.6 is 0 Å². The van der Waals surface area contributed by atoms with Gasteiger partial charge < -0.3 is 14.6 Å². The number of hydrogen-bond donors (Lipinski definition) is 1. The van der Waals surface area contributed by atoms with Gasteiger partial charge >= 0.3 is 0 Å². The molecule has 32 heavy (non-hydrogen) atoms. The summed E-state index contributed by atoms with van der Waals surface area (Å²) in [6.07, 6.45) is 5.65. The van der Waals surface area contributed by atoms with Crippen LogP contribution in [-0.2, 0) is 0 Å². The van der Waals surface area contributed by atoms with E-state index in [0.29, 0.717) is 34.5 Å². The molecule has 5 rings (SSSR count). The Labute approximate surface area is 184 Å². The number of hydrogen-bond acceptors (Lipinski definition) is 5. The normalized spacial score (nSPS) is 10.9. The molecule has 4 heterocycles. The number of nitrogens with zero attached hydrogens (tertiary/aromatic N) is 5. The van der Waals surface area contributed by atoms with E-state index in [1.807, 2.05) is 67.3 Å². The number of nitrogens with one attached hydrogen (secondary N) is 1. The summed E-state index contributed by atoms with van der Waals surface area (Å²) in [4.78, 5) is 26.1. The summed E-state index contributed by atoms with van der Waals surface area (Å²) in [6, 6.07) is 18.4. The summed E-state index contributed by atoms with van der Waals surface area (Å²) in [6.45, 7) is 3.64. The van der Waals surface area contributed by atoms with E-state index in [1.54, 1.807) is 34.7 Å². The van der Waals surface area contributed by atoms with Crippen molar-refractivity contribution < 1.29 is 9.53 Å². The second kappa shape index (κ2) is 7.99. The number of ether oxygens (including phenoxy) is 1. The topological polar surface area (TPSA) is 86.3 Å². The molecule has 0 saturated carbocycles. The fourth-order valence-electron chi connectivity index (χ4n) is 3.50. The molecule has 158 valence electrons. The maximum atomic E-state index is 12.9. The molecule has 0 aliphatic carbocycles. The van der Waals surface area contributed by atoms with E-state index >= 15 is 0 Å². The minimum atomic E-state index is -0.224. The predicted molar refractivity (Wildman–Crippen MR) is 120 cm³/mol. The highest BCUT2D eigenvalue weighted by molar-refractivity contribution is 6.04. The largest absolute Gasteiger partial charge is 0.439 e. The SMILES string of the molecule is Cc1nc(Oc2ccc(NC(=O)c3c(C)nc4ccccn34)cc2)cc(-n2cccc2)n1. The molecule has 0 saturated heterocycles. The quantitative estimate of drug-likeness (QED) is 0.446. The first kappa shape index (κ1) is 19.5. The fraction of sp³-hybridized carbons (Fsp3) is 0.0833. The maximum Gasteiger partial charge on any atom is 0.274 e. The van der Waals surface area contributed by atoms with Gasteiger partial charge in [-0.1, -0.05) is 6.07 Å². The number of aryl methyl sites for hydroxylation is 2. The van der Waals surface area contributed by atoms with Gasteiger partial charge in [-0.15, -0.1) is 0 Å². The van der Waals surface area contributed by atoms with Crippen LogP contribution in [0.2, 0.25) is 0 Å². The summed E-state index contributed by atoms with van der Waals surface area (Å²) in [5.74, 6) is 2.16. The zero-order valence-electron chi connectivity index (χ0n) is 17.6. The maximum absolute atomic E-state index is 12.9. The molecule has 8 nitrogen and oxygen atoms in total. The average molecular weight is 424 g/mol. The average Bonchev–Trinajstić information content (AvgIpc) is 3.42. The molecule has 0 bridgehead atoms. The standard InChI is InChI=1S/C24H20N6O2/c1-16-23(30-14-4-3-7-20(30)25-16)24(31)28-18-8-10-19(11-9-18)32-22-15-21(26-17(2)27-22)29-12-5-6-13-29/h3-15H,1-2H3,(H,28,31). The summed E-state index contributed by atoms with van der Waals surface area (Å²) < 4.78 is 9.59. The zero-order valence-corrected chi connectivity index (χ0v) is 17.6. The third kappa shape index (κ3) is 3.81. The number of anilines is 1. The zero-order chi connectivity index (χ0) is 22.1.